The van der Waals surface area contributed by atoms with Crippen molar-refractivity contribution in [2.45, 2.75) is 6.54 Å². The third-order valence-corrected chi connectivity index (χ3v) is 2.49. The van der Waals surface area contributed by atoms with Crippen molar-refractivity contribution in [1.82, 2.24) is 15.2 Å². The maximum Gasteiger partial charge on any atom is 0.269 e. The van der Waals surface area contributed by atoms with E-state index in [-0.39, 0.29) is 5.69 Å². The predicted octanol–water partition coefficient (Wildman–Crippen LogP) is 0.644. The molecule has 2 aromatic heterocycles. The molecule has 0 atom stereocenters. The largest absolute Gasteiger partial charge is 0.364 e. The van der Waals surface area contributed by atoms with Gasteiger partial charge in [-0.2, -0.15) is 0 Å². The number of rotatable bonds is 4. The summed E-state index contributed by atoms with van der Waals surface area (Å²) < 4.78 is 0. The van der Waals surface area contributed by atoms with Crippen molar-refractivity contribution in [2.24, 2.45) is 5.73 Å². The lowest BCUT2D eigenvalue weighted by Crippen LogP contribution is -2.14. The van der Waals surface area contributed by atoms with E-state index in [0.717, 1.165) is 5.69 Å². The zero-order chi connectivity index (χ0) is 11.4. The molecule has 0 aromatic carbocycles. The molecule has 0 radical (unpaired) electrons. The Balaban J connectivity index is 1.98. The van der Waals surface area contributed by atoms with Gasteiger partial charge in [0.1, 0.15) is 5.82 Å². The predicted molar refractivity (Wildman–Crippen MR) is 60.0 cm³/mol. The van der Waals surface area contributed by atoms with Gasteiger partial charge in [0.15, 0.2) is 5.69 Å². The Kier molecular flexibility index (Phi) is 3.06. The number of hydrogen-bond acceptors (Lipinski definition) is 6. The second kappa shape index (κ2) is 4.67. The second-order valence-corrected chi connectivity index (χ2v) is 3.72. The lowest BCUT2D eigenvalue weighted by Gasteiger charge is -2.02. The van der Waals surface area contributed by atoms with E-state index in [9.17, 15) is 4.79 Å². The molecule has 0 spiro atoms. The molecule has 0 bridgehead atoms. The fourth-order valence-corrected chi connectivity index (χ4v) is 1.62. The molecule has 6 nitrogen and oxygen atoms in total. The highest BCUT2D eigenvalue weighted by atomic mass is 32.1. The average Bonchev–Trinajstić information content (AvgIpc) is 2.80. The van der Waals surface area contributed by atoms with Crippen LogP contribution < -0.4 is 11.1 Å². The molecule has 0 aliphatic rings. The number of carbonyl (C=O) groups excluding carboxylic acids is 1. The number of hydrogen-bond donors (Lipinski definition) is 2. The van der Waals surface area contributed by atoms with Crippen LogP contribution in [0.1, 0.15) is 16.2 Å². The highest BCUT2D eigenvalue weighted by Crippen LogP contribution is 2.06. The zero-order valence-corrected chi connectivity index (χ0v) is 9.07. The molecular formula is C9H9N5OS. The number of primary amides is 1. The first-order chi connectivity index (χ1) is 7.75. The lowest BCUT2D eigenvalue weighted by molar-refractivity contribution is 0.0994. The van der Waals surface area contributed by atoms with Crippen LogP contribution in [0.2, 0.25) is 0 Å². The molecule has 0 aliphatic carbocycles. The van der Waals surface area contributed by atoms with Crippen molar-refractivity contribution < 1.29 is 4.79 Å². The molecule has 0 saturated carbocycles. The summed E-state index contributed by atoms with van der Waals surface area (Å²) >= 11 is 1.53. The van der Waals surface area contributed by atoms with Crippen LogP contribution in [0.5, 0.6) is 0 Å². The summed E-state index contributed by atoms with van der Waals surface area (Å²) in [5, 5.41) is 12.5. The highest BCUT2D eigenvalue weighted by Gasteiger charge is 2.02. The summed E-state index contributed by atoms with van der Waals surface area (Å²) in [4.78, 5) is 14.9. The van der Waals surface area contributed by atoms with Gasteiger partial charge in [-0.05, 0) is 12.1 Å². The van der Waals surface area contributed by atoms with Crippen molar-refractivity contribution in [3.8, 4) is 0 Å². The van der Waals surface area contributed by atoms with Crippen molar-refractivity contribution in [1.29, 1.82) is 0 Å². The molecule has 16 heavy (non-hydrogen) atoms. The van der Waals surface area contributed by atoms with Gasteiger partial charge in [-0.3, -0.25) is 4.79 Å². The molecule has 0 aliphatic heterocycles. The first kappa shape index (κ1) is 10.5. The first-order valence-electron chi connectivity index (χ1n) is 4.50. The van der Waals surface area contributed by atoms with Gasteiger partial charge in [-0.1, -0.05) is 0 Å². The van der Waals surface area contributed by atoms with Crippen molar-refractivity contribution in [3.05, 3.63) is 34.4 Å². The molecular weight excluding hydrogens is 226 g/mol. The monoisotopic (exact) mass is 235 g/mol. The molecule has 0 unspecified atom stereocenters. The average molecular weight is 235 g/mol. The topological polar surface area (TPSA) is 93.8 Å². The number of nitrogens with two attached hydrogens (primary N) is 1. The summed E-state index contributed by atoms with van der Waals surface area (Å²) in [5.41, 5.74) is 7.90. The minimum atomic E-state index is -0.585. The van der Waals surface area contributed by atoms with Crippen LogP contribution in [0.15, 0.2) is 23.0 Å². The molecule has 82 valence electrons. The quantitative estimate of drug-likeness (QED) is 0.811. The van der Waals surface area contributed by atoms with E-state index < -0.39 is 5.91 Å². The third kappa shape index (κ3) is 2.51. The van der Waals surface area contributed by atoms with Crippen molar-refractivity contribution in [3.63, 3.8) is 0 Å². The minimum Gasteiger partial charge on any atom is -0.364 e. The summed E-state index contributed by atoms with van der Waals surface area (Å²) in [5.74, 6) is -0.00319. The molecule has 3 N–H and O–H groups in total. The van der Waals surface area contributed by atoms with Gasteiger partial charge < -0.3 is 11.1 Å². The number of anilines is 1. The molecule has 2 heterocycles. The van der Waals surface area contributed by atoms with E-state index in [0.29, 0.717) is 12.4 Å². The second-order valence-electron chi connectivity index (χ2n) is 3.00. The number of nitrogens with zero attached hydrogens (tertiary/aromatic N) is 3. The van der Waals surface area contributed by atoms with E-state index >= 15 is 0 Å². The van der Waals surface area contributed by atoms with E-state index in [1.807, 2.05) is 5.38 Å². The Morgan fingerprint density at radius 3 is 2.88 bits per heavy atom. The summed E-state index contributed by atoms with van der Waals surface area (Å²) in [6.45, 7) is 0.577. The number of nitrogens with one attached hydrogen (secondary N) is 1. The van der Waals surface area contributed by atoms with Crippen molar-refractivity contribution in [2.75, 3.05) is 5.32 Å². The van der Waals surface area contributed by atoms with Crippen LogP contribution in [0, 0.1) is 0 Å². The van der Waals surface area contributed by atoms with Crippen LogP contribution >= 0.6 is 11.3 Å². The molecule has 0 fully saturated rings. The number of thiazole rings is 1. The fourth-order valence-electron chi connectivity index (χ4n) is 1.06. The maximum absolute atomic E-state index is 10.7. The van der Waals surface area contributed by atoms with E-state index in [1.54, 1.807) is 11.6 Å². The fraction of sp³-hybridized carbons (Fsp3) is 0.111. The van der Waals surface area contributed by atoms with Gasteiger partial charge in [-0.25, -0.2) is 4.98 Å². The van der Waals surface area contributed by atoms with Gasteiger partial charge in [0, 0.05) is 5.38 Å². The standard InChI is InChI=1S/C9H9N5OS/c10-9(15)7-1-2-8(14-13-7)11-3-6-4-16-5-12-6/h1-2,4-5H,3H2,(H2,10,15)(H,11,14). The Hall–Kier alpha value is -2.02. The van der Waals surface area contributed by atoms with Crippen LogP contribution in [0.4, 0.5) is 5.82 Å². The smallest absolute Gasteiger partial charge is 0.269 e. The maximum atomic E-state index is 10.7. The van der Waals surface area contributed by atoms with Crippen LogP contribution in [-0.4, -0.2) is 21.1 Å². The zero-order valence-electron chi connectivity index (χ0n) is 8.25. The normalized spacial score (nSPS) is 10.0. The number of aromatic nitrogens is 3. The number of carbonyl (C=O) groups is 1. The SMILES string of the molecule is NC(=O)c1ccc(NCc2cscn2)nn1. The third-order valence-electron chi connectivity index (χ3n) is 1.85. The Morgan fingerprint density at radius 1 is 1.44 bits per heavy atom. The van der Waals surface area contributed by atoms with Crippen LogP contribution in [-0.2, 0) is 6.54 Å². The van der Waals surface area contributed by atoms with Gasteiger partial charge in [0.2, 0.25) is 0 Å². The molecule has 7 heteroatoms. The van der Waals surface area contributed by atoms with Gasteiger partial charge in [-0.15, -0.1) is 21.5 Å². The van der Waals surface area contributed by atoms with Crippen LogP contribution in [0.25, 0.3) is 0 Å². The van der Waals surface area contributed by atoms with Crippen LogP contribution in [0.3, 0.4) is 0 Å². The summed E-state index contributed by atoms with van der Waals surface area (Å²) in [6, 6.07) is 3.18. The Bertz CT molecular complexity index is 467. The molecule has 2 rings (SSSR count). The van der Waals surface area contributed by atoms with Crippen molar-refractivity contribution >= 4 is 23.1 Å². The highest BCUT2D eigenvalue weighted by molar-refractivity contribution is 7.07. The first-order valence-corrected chi connectivity index (χ1v) is 5.44. The molecule has 0 saturated heterocycles. The van der Waals surface area contributed by atoms with Gasteiger partial charge in [0.05, 0.1) is 17.7 Å². The number of amides is 1. The van der Waals surface area contributed by atoms with E-state index in [2.05, 4.69) is 20.5 Å². The Labute approximate surface area is 95.5 Å². The molecule has 2 aromatic rings. The van der Waals surface area contributed by atoms with Gasteiger partial charge >= 0.3 is 0 Å². The van der Waals surface area contributed by atoms with Gasteiger partial charge in [0.25, 0.3) is 5.91 Å². The van der Waals surface area contributed by atoms with E-state index in [4.69, 9.17) is 5.73 Å². The Morgan fingerprint density at radius 2 is 2.31 bits per heavy atom. The lowest BCUT2D eigenvalue weighted by atomic mass is 10.3. The van der Waals surface area contributed by atoms with E-state index in [1.165, 1.54) is 17.4 Å². The minimum absolute atomic E-state index is 0.152. The molecule has 1 amide bonds. The summed E-state index contributed by atoms with van der Waals surface area (Å²) in [7, 11) is 0. The summed E-state index contributed by atoms with van der Waals surface area (Å²) in [6.07, 6.45) is 0.